The predicted octanol–water partition coefficient (Wildman–Crippen LogP) is 3.30. The first-order valence-corrected chi connectivity index (χ1v) is 7.26. The number of benzene rings is 1. The Morgan fingerprint density at radius 1 is 1.15 bits per heavy atom. The zero-order valence-corrected chi connectivity index (χ0v) is 13.2. The summed E-state index contributed by atoms with van der Waals surface area (Å²) in [5, 5.41) is 13.5. The van der Waals surface area contributed by atoms with Crippen molar-refractivity contribution in [3.8, 4) is 11.5 Å². The van der Waals surface area contributed by atoms with Gasteiger partial charge in [0.2, 0.25) is 0 Å². The summed E-state index contributed by atoms with van der Waals surface area (Å²) in [4.78, 5) is 0. The maximum absolute atomic E-state index is 10.2. The van der Waals surface area contributed by atoms with Gasteiger partial charge in [0.15, 0.2) is 11.5 Å². The molecule has 2 N–H and O–H groups in total. The minimum atomic E-state index is -0.746. The maximum atomic E-state index is 10.2. The lowest BCUT2D eigenvalue weighted by molar-refractivity contribution is 0.0266. The average Bonchev–Trinajstić information content (AvgIpc) is 2.39. The quantitative estimate of drug-likeness (QED) is 0.767. The van der Waals surface area contributed by atoms with Gasteiger partial charge in [0.05, 0.1) is 18.8 Å². The maximum Gasteiger partial charge on any atom is 0.163 e. The van der Waals surface area contributed by atoms with Crippen LogP contribution in [0.2, 0.25) is 0 Å². The Morgan fingerprint density at radius 2 is 1.75 bits per heavy atom. The van der Waals surface area contributed by atoms with Crippen molar-refractivity contribution >= 4 is 5.69 Å². The molecule has 0 aliphatic heterocycles. The van der Waals surface area contributed by atoms with Crippen molar-refractivity contribution in [3.05, 3.63) is 18.2 Å². The zero-order valence-electron chi connectivity index (χ0n) is 13.2. The molecule has 4 nitrogen and oxygen atoms in total. The van der Waals surface area contributed by atoms with Gasteiger partial charge in [-0.2, -0.15) is 0 Å². The molecule has 114 valence electrons. The van der Waals surface area contributed by atoms with Crippen LogP contribution in [-0.2, 0) is 0 Å². The molecule has 0 aliphatic rings. The highest BCUT2D eigenvalue weighted by atomic mass is 16.5. The molecule has 20 heavy (non-hydrogen) atoms. The number of hydrogen-bond acceptors (Lipinski definition) is 4. The SMILES string of the molecule is CCOc1ccc(NCC(C)(O)C(C)C)cc1OCC. The second kappa shape index (κ2) is 7.39. The number of rotatable bonds is 8. The monoisotopic (exact) mass is 281 g/mol. The molecule has 0 fully saturated rings. The van der Waals surface area contributed by atoms with Crippen LogP contribution < -0.4 is 14.8 Å². The Morgan fingerprint density at radius 3 is 2.30 bits per heavy atom. The average molecular weight is 281 g/mol. The van der Waals surface area contributed by atoms with Crippen LogP contribution in [0.4, 0.5) is 5.69 Å². The molecule has 0 amide bonds. The summed E-state index contributed by atoms with van der Waals surface area (Å²) in [6.07, 6.45) is 0. The molecule has 0 heterocycles. The molecule has 0 aliphatic carbocycles. The van der Waals surface area contributed by atoms with Crippen molar-refractivity contribution in [2.24, 2.45) is 5.92 Å². The van der Waals surface area contributed by atoms with Crippen molar-refractivity contribution < 1.29 is 14.6 Å². The number of nitrogens with one attached hydrogen (secondary N) is 1. The number of hydrogen-bond donors (Lipinski definition) is 2. The van der Waals surface area contributed by atoms with E-state index in [1.165, 1.54) is 0 Å². The first-order valence-electron chi connectivity index (χ1n) is 7.26. The summed E-state index contributed by atoms with van der Waals surface area (Å²) in [5.41, 5.74) is 0.169. The molecule has 1 aromatic carbocycles. The fourth-order valence-corrected chi connectivity index (χ4v) is 1.65. The smallest absolute Gasteiger partial charge is 0.163 e. The van der Waals surface area contributed by atoms with Crippen LogP contribution in [0.15, 0.2) is 18.2 Å². The van der Waals surface area contributed by atoms with E-state index in [-0.39, 0.29) is 5.92 Å². The van der Waals surface area contributed by atoms with Gasteiger partial charge in [-0.1, -0.05) is 13.8 Å². The fourth-order valence-electron chi connectivity index (χ4n) is 1.65. The first kappa shape index (κ1) is 16.6. The molecule has 0 aromatic heterocycles. The third kappa shape index (κ3) is 4.60. The molecule has 4 heteroatoms. The van der Waals surface area contributed by atoms with Gasteiger partial charge in [0.25, 0.3) is 0 Å². The highest BCUT2D eigenvalue weighted by Gasteiger charge is 2.24. The van der Waals surface area contributed by atoms with Crippen molar-refractivity contribution in [1.82, 2.24) is 0 Å². The lowest BCUT2D eigenvalue weighted by atomic mass is 9.92. The summed E-state index contributed by atoms with van der Waals surface area (Å²) in [6.45, 7) is 11.4. The van der Waals surface area contributed by atoms with Crippen LogP contribution in [0.3, 0.4) is 0 Å². The zero-order chi connectivity index (χ0) is 15.2. The third-order valence-corrected chi connectivity index (χ3v) is 3.44. The second-order valence-corrected chi connectivity index (χ2v) is 5.39. The summed E-state index contributed by atoms with van der Waals surface area (Å²) >= 11 is 0. The van der Waals surface area contributed by atoms with E-state index in [2.05, 4.69) is 5.32 Å². The van der Waals surface area contributed by atoms with Gasteiger partial charge in [-0.05, 0) is 38.8 Å². The van der Waals surface area contributed by atoms with E-state index in [9.17, 15) is 5.11 Å². The van der Waals surface area contributed by atoms with Gasteiger partial charge in [-0.3, -0.25) is 0 Å². The normalized spacial score (nSPS) is 13.9. The topological polar surface area (TPSA) is 50.7 Å². The third-order valence-electron chi connectivity index (χ3n) is 3.44. The molecular formula is C16H27NO3. The molecule has 0 saturated heterocycles. The van der Waals surface area contributed by atoms with E-state index in [4.69, 9.17) is 9.47 Å². The van der Waals surface area contributed by atoms with Crippen LogP contribution >= 0.6 is 0 Å². The van der Waals surface area contributed by atoms with Gasteiger partial charge in [0, 0.05) is 18.3 Å². The van der Waals surface area contributed by atoms with E-state index in [1.54, 1.807) is 0 Å². The van der Waals surface area contributed by atoms with Crippen molar-refractivity contribution in [2.75, 3.05) is 25.1 Å². The molecule has 0 spiro atoms. The van der Waals surface area contributed by atoms with Gasteiger partial charge in [-0.25, -0.2) is 0 Å². The lowest BCUT2D eigenvalue weighted by Gasteiger charge is -2.28. The van der Waals surface area contributed by atoms with Crippen molar-refractivity contribution in [3.63, 3.8) is 0 Å². The Hall–Kier alpha value is -1.42. The van der Waals surface area contributed by atoms with Crippen LogP contribution in [0, 0.1) is 5.92 Å². The molecule has 0 bridgehead atoms. The molecule has 1 rings (SSSR count). The lowest BCUT2D eigenvalue weighted by Crippen LogP contribution is -2.38. The summed E-state index contributed by atoms with van der Waals surface area (Å²) < 4.78 is 11.1. The van der Waals surface area contributed by atoms with E-state index in [0.717, 1.165) is 17.2 Å². The minimum absolute atomic E-state index is 0.184. The number of anilines is 1. The number of aliphatic hydroxyl groups is 1. The highest BCUT2D eigenvalue weighted by molar-refractivity contribution is 5.55. The molecule has 1 unspecified atom stereocenters. The highest BCUT2D eigenvalue weighted by Crippen LogP contribution is 2.31. The molecule has 0 saturated carbocycles. The Balaban J connectivity index is 2.79. The van der Waals surface area contributed by atoms with Gasteiger partial charge in [-0.15, -0.1) is 0 Å². The standard InChI is InChI=1S/C16H27NO3/c1-6-19-14-9-8-13(10-15(14)20-7-2)17-11-16(5,18)12(3)4/h8-10,12,17-18H,6-7,11H2,1-5H3. The van der Waals surface area contributed by atoms with Crippen molar-refractivity contribution in [1.29, 1.82) is 0 Å². The summed E-state index contributed by atoms with van der Waals surface area (Å²) in [6, 6.07) is 5.73. The van der Waals surface area contributed by atoms with Gasteiger partial charge < -0.3 is 19.9 Å². The fraction of sp³-hybridized carbons (Fsp3) is 0.625. The van der Waals surface area contributed by atoms with Crippen LogP contribution in [0.25, 0.3) is 0 Å². The van der Waals surface area contributed by atoms with Crippen LogP contribution in [-0.4, -0.2) is 30.5 Å². The van der Waals surface area contributed by atoms with Crippen LogP contribution in [0.5, 0.6) is 11.5 Å². The summed E-state index contributed by atoms with van der Waals surface area (Å²) in [7, 11) is 0. The van der Waals surface area contributed by atoms with E-state index >= 15 is 0 Å². The molecule has 0 radical (unpaired) electrons. The van der Waals surface area contributed by atoms with E-state index in [0.29, 0.717) is 19.8 Å². The Kier molecular flexibility index (Phi) is 6.14. The summed E-state index contributed by atoms with van der Waals surface area (Å²) in [5.74, 6) is 1.66. The largest absolute Gasteiger partial charge is 0.490 e. The molecular weight excluding hydrogens is 254 g/mol. The number of ether oxygens (including phenoxy) is 2. The van der Waals surface area contributed by atoms with Gasteiger partial charge >= 0.3 is 0 Å². The predicted molar refractivity (Wildman–Crippen MR) is 82.7 cm³/mol. The first-order chi connectivity index (χ1) is 9.40. The Labute approximate surface area is 122 Å². The van der Waals surface area contributed by atoms with Crippen LogP contribution in [0.1, 0.15) is 34.6 Å². The van der Waals surface area contributed by atoms with E-state index in [1.807, 2.05) is 52.8 Å². The molecule has 1 aromatic rings. The second-order valence-electron chi connectivity index (χ2n) is 5.39. The molecule has 1 atom stereocenters. The van der Waals surface area contributed by atoms with E-state index < -0.39 is 5.60 Å². The Bertz CT molecular complexity index is 416. The minimum Gasteiger partial charge on any atom is -0.490 e. The van der Waals surface area contributed by atoms with Crippen molar-refractivity contribution in [2.45, 2.75) is 40.2 Å². The van der Waals surface area contributed by atoms with Gasteiger partial charge in [0.1, 0.15) is 0 Å².